The molecule has 0 atom stereocenters. The molecular weight excluding hydrogens is 178 g/mol. The van der Waals surface area contributed by atoms with Gasteiger partial charge in [0, 0.05) is 11.3 Å². The highest BCUT2D eigenvalue weighted by atomic mass is 16.5. The minimum absolute atomic E-state index is 0.681. The molecule has 2 N–H and O–H groups in total. The van der Waals surface area contributed by atoms with E-state index in [4.69, 9.17) is 14.9 Å². The number of nitrogens with two attached hydrogens (primary N) is 1. The van der Waals surface area contributed by atoms with Crippen molar-refractivity contribution in [3.63, 3.8) is 0 Å². The van der Waals surface area contributed by atoms with E-state index in [9.17, 15) is 0 Å². The molecule has 3 heteroatoms. The van der Waals surface area contributed by atoms with Crippen molar-refractivity contribution in [2.75, 3.05) is 12.8 Å². The molecule has 1 heterocycles. The van der Waals surface area contributed by atoms with Crippen LogP contribution in [0.15, 0.2) is 41.0 Å². The Labute approximate surface area is 82.1 Å². The molecule has 0 aliphatic heterocycles. The lowest BCUT2D eigenvalue weighted by molar-refractivity contribution is 0.415. The SMILES string of the molecule is COc1ccc(N)c(-c2ccco2)c1. The first-order chi connectivity index (χ1) is 6.81. The highest BCUT2D eigenvalue weighted by Gasteiger charge is 2.06. The second-order valence-electron chi connectivity index (χ2n) is 2.93. The van der Waals surface area contributed by atoms with Gasteiger partial charge in [0.1, 0.15) is 11.5 Å². The molecule has 72 valence electrons. The van der Waals surface area contributed by atoms with Gasteiger partial charge in [-0.15, -0.1) is 0 Å². The van der Waals surface area contributed by atoms with E-state index in [-0.39, 0.29) is 0 Å². The lowest BCUT2D eigenvalue weighted by Gasteiger charge is -2.05. The van der Waals surface area contributed by atoms with Gasteiger partial charge in [0.15, 0.2) is 0 Å². The number of methoxy groups -OCH3 is 1. The minimum Gasteiger partial charge on any atom is -0.497 e. The van der Waals surface area contributed by atoms with E-state index in [0.717, 1.165) is 17.1 Å². The Morgan fingerprint density at radius 2 is 2.14 bits per heavy atom. The van der Waals surface area contributed by atoms with Crippen LogP contribution >= 0.6 is 0 Å². The third-order valence-corrected chi connectivity index (χ3v) is 2.05. The minimum atomic E-state index is 0.681. The molecular formula is C11H11NO2. The second kappa shape index (κ2) is 3.46. The predicted octanol–water partition coefficient (Wildman–Crippen LogP) is 2.54. The molecule has 0 radical (unpaired) electrons. The molecule has 0 unspecified atom stereocenters. The highest BCUT2D eigenvalue weighted by molar-refractivity contribution is 5.74. The maximum Gasteiger partial charge on any atom is 0.136 e. The third kappa shape index (κ3) is 1.44. The van der Waals surface area contributed by atoms with Gasteiger partial charge >= 0.3 is 0 Å². The number of hydrogen-bond donors (Lipinski definition) is 1. The van der Waals surface area contributed by atoms with E-state index < -0.39 is 0 Å². The van der Waals surface area contributed by atoms with Crippen LogP contribution in [0.2, 0.25) is 0 Å². The molecule has 1 aromatic carbocycles. The summed E-state index contributed by atoms with van der Waals surface area (Å²) in [6.45, 7) is 0. The standard InChI is InChI=1S/C11H11NO2/c1-13-8-4-5-10(12)9(7-8)11-3-2-6-14-11/h2-7H,12H2,1H3. The van der Waals surface area contributed by atoms with Gasteiger partial charge in [0.05, 0.1) is 13.4 Å². The zero-order chi connectivity index (χ0) is 9.97. The van der Waals surface area contributed by atoms with Crippen LogP contribution in [0.4, 0.5) is 5.69 Å². The van der Waals surface area contributed by atoms with Gasteiger partial charge in [0.2, 0.25) is 0 Å². The summed E-state index contributed by atoms with van der Waals surface area (Å²) < 4.78 is 10.4. The summed E-state index contributed by atoms with van der Waals surface area (Å²) in [5.74, 6) is 1.52. The molecule has 0 saturated carbocycles. The van der Waals surface area contributed by atoms with E-state index in [1.165, 1.54) is 0 Å². The zero-order valence-electron chi connectivity index (χ0n) is 7.86. The summed E-state index contributed by atoms with van der Waals surface area (Å²) in [7, 11) is 1.62. The van der Waals surface area contributed by atoms with E-state index in [1.807, 2.05) is 24.3 Å². The Hall–Kier alpha value is -1.90. The molecule has 14 heavy (non-hydrogen) atoms. The Balaban J connectivity index is 2.51. The van der Waals surface area contributed by atoms with Crippen molar-refractivity contribution in [2.45, 2.75) is 0 Å². The van der Waals surface area contributed by atoms with Crippen LogP contribution in [0.3, 0.4) is 0 Å². The molecule has 2 aromatic rings. The summed E-state index contributed by atoms with van der Waals surface area (Å²) in [5, 5.41) is 0. The molecule has 0 aliphatic carbocycles. The highest BCUT2D eigenvalue weighted by Crippen LogP contribution is 2.29. The molecule has 3 nitrogen and oxygen atoms in total. The smallest absolute Gasteiger partial charge is 0.136 e. The van der Waals surface area contributed by atoms with Crippen LogP contribution in [-0.2, 0) is 0 Å². The number of nitrogen functional groups attached to an aromatic ring is 1. The van der Waals surface area contributed by atoms with Gasteiger partial charge in [-0.3, -0.25) is 0 Å². The van der Waals surface area contributed by atoms with E-state index in [1.54, 1.807) is 19.4 Å². The Morgan fingerprint density at radius 3 is 2.79 bits per heavy atom. The number of anilines is 1. The van der Waals surface area contributed by atoms with Crippen molar-refractivity contribution in [3.05, 3.63) is 36.6 Å². The first-order valence-corrected chi connectivity index (χ1v) is 4.28. The summed E-state index contributed by atoms with van der Waals surface area (Å²) in [4.78, 5) is 0. The van der Waals surface area contributed by atoms with E-state index in [2.05, 4.69) is 0 Å². The van der Waals surface area contributed by atoms with Crippen LogP contribution in [0.1, 0.15) is 0 Å². The fourth-order valence-corrected chi connectivity index (χ4v) is 1.31. The number of furan rings is 1. The van der Waals surface area contributed by atoms with Crippen LogP contribution in [-0.4, -0.2) is 7.11 Å². The van der Waals surface area contributed by atoms with Gasteiger partial charge in [-0.1, -0.05) is 0 Å². The Kier molecular flexibility index (Phi) is 2.14. The number of ether oxygens (including phenoxy) is 1. The number of hydrogen-bond acceptors (Lipinski definition) is 3. The van der Waals surface area contributed by atoms with Crippen molar-refractivity contribution in [3.8, 4) is 17.1 Å². The average molecular weight is 189 g/mol. The van der Waals surface area contributed by atoms with Crippen molar-refractivity contribution in [1.29, 1.82) is 0 Å². The molecule has 0 amide bonds. The first kappa shape index (κ1) is 8.69. The van der Waals surface area contributed by atoms with Crippen molar-refractivity contribution in [2.24, 2.45) is 0 Å². The first-order valence-electron chi connectivity index (χ1n) is 4.28. The van der Waals surface area contributed by atoms with Gasteiger partial charge < -0.3 is 14.9 Å². The lowest BCUT2D eigenvalue weighted by atomic mass is 10.1. The third-order valence-electron chi connectivity index (χ3n) is 2.05. The van der Waals surface area contributed by atoms with Crippen LogP contribution in [0, 0.1) is 0 Å². The van der Waals surface area contributed by atoms with Crippen molar-refractivity contribution in [1.82, 2.24) is 0 Å². The van der Waals surface area contributed by atoms with E-state index in [0.29, 0.717) is 5.69 Å². The van der Waals surface area contributed by atoms with Crippen LogP contribution < -0.4 is 10.5 Å². The van der Waals surface area contributed by atoms with Gasteiger partial charge in [-0.25, -0.2) is 0 Å². The lowest BCUT2D eigenvalue weighted by Crippen LogP contribution is -1.90. The summed E-state index contributed by atoms with van der Waals surface area (Å²) >= 11 is 0. The second-order valence-corrected chi connectivity index (χ2v) is 2.93. The predicted molar refractivity (Wildman–Crippen MR) is 55.1 cm³/mol. The van der Waals surface area contributed by atoms with Crippen LogP contribution in [0.5, 0.6) is 5.75 Å². The van der Waals surface area contributed by atoms with Crippen molar-refractivity contribution < 1.29 is 9.15 Å². The average Bonchev–Trinajstić information content (AvgIpc) is 2.71. The van der Waals surface area contributed by atoms with E-state index >= 15 is 0 Å². The maximum absolute atomic E-state index is 5.82. The molecule has 2 rings (SSSR count). The Bertz CT molecular complexity index is 421. The van der Waals surface area contributed by atoms with Gasteiger partial charge in [-0.05, 0) is 30.3 Å². The topological polar surface area (TPSA) is 48.4 Å². The van der Waals surface area contributed by atoms with Gasteiger partial charge in [-0.2, -0.15) is 0 Å². The Morgan fingerprint density at radius 1 is 1.29 bits per heavy atom. The van der Waals surface area contributed by atoms with Crippen LogP contribution in [0.25, 0.3) is 11.3 Å². The summed E-state index contributed by atoms with van der Waals surface area (Å²) in [5.41, 5.74) is 7.36. The summed E-state index contributed by atoms with van der Waals surface area (Å²) in [6, 6.07) is 9.17. The quantitative estimate of drug-likeness (QED) is 0.738. The summed E-state index contributed by atoms with van der Waals surface area (Å²) in [6.07, 6.45) is 1.62. The van der Waals surface area contributed by atoms with Gasteiger partial charge in [0.25, 0.3) is 0 Å². The molecule has 0 saturated heterocycles. The van der Waals surface area contributed by atoms with Crippen molar-refractivity contribution >= 4 is 5.69 Å². The molecule has 1 aromatic heterocycles. The molecule has 0 spiro atoms. The molecule has 0 bridgehead atoms. The number of rotatable bonds is 2. The molecule has 0 aliphatic rings. The molecule has 0 fully saturated rings. The largest absolute Gasteiger partial charge is 0.497 e. The zero-order valence-corrected chi connectivity index (χ0v) is 7.86. The number of benzene rings is 1. The monoisotopic (exact) mass is 189 g/mol. The maximum atomic E-state index is 5.82. The fourth-order valence-electron chi connectivity index (χ4n) is 1.31. The normalized spacial score (nSPS) is 10.1. The fraction of sp³-hybridized carbons (Fsp3) is 0.0909.